The fourth-order valence-corrected chi connectivity index (χ4v) is 2.96. The molecule has 7 heteroatoms. The Hall–Kier alpha value is -2.49. The van der Waals surface area contributed by atoms with Gasteiger partial charge < -0.3 is 10.2 Å². The molecule has 0 fully saturated rings. The van der Waals surface area contributed by atoms with E-state index in [1.54, 1.807) is 41.3 Å². The number of carbonyl (C=O) groups excluding carboxylic acids is 1. The SMILES string of the molecule is N#CC1=C(S)N(c2ccc(F)cc2)C(c2ccc(Cl)cc2)NC1=O. The van der Waals surface area contributed by atoms with Gasteiger partial charge in [0, 0.05) is 10.7 Å². The molecule has 0 radical (unpaired) electrons. The molecule has 24 heavy (non-hydrogen) atoms. The second kappa shape index (κ2) is 6.56. The summed E-state index contributed by atoms with van der Waals surface area (Å²) < 4.78 is 13.2. The van der Waals surface area contributed by atoms with E-state index in [1.807, 2.05) is 6.07 Å². The lowest BCUT2D eigenvalue weighted by Crippen LogP contribution is -2.46. The van der Waals surface area contributed by atoms with Gasteiger partial charge in [-0.15, -0.1) is 12.6 Å². The Labute approximate surface area is 148 Å². The van der Waals surface area contributed by atoms with E-state index in [0.29, 0.717) is 10.7 Å². The van der Waals surface area contributed by atoms with Crippen molar-refractivity contribution in [1.82, 2.24) is 5.32 Å². The Morgan fingerprint density at radius 1 is 1.17 bits per heavy atom. The van der Waals surface area contributed by atoms with E-state index in [9.17, 15) is 14.4 Å². The first-order chi connectivity index (χ1) is 11.5. The standard InChI is InChI=1S/C17H11ClFN3OS/c18-11-3-1-10(2-4-11)15-21-16(23)14(9-20)17(24)22(15)13-7-5-12(19)6-8-13/h1-8,15,24H,(H,21,23). The van der Waals surface area contributed by atoms with Crippen LogP contribution in [0.25, 0.3) is 0 Å². The van der Waals surface area contributed by atoms with Gasteiger partial charge in [-0.25, -0.2) is 4.39 Å². The molecule has 2 aromatic carbocycles. The fourth-order valence-electron chi connectivity index (χ4n) is 2.46. The van der Waals surface area contributed by atoms with E-state index in [0.717, 1.165) is 5.56 Å². The molecule has 1 N–H and O–H groups in total. The van der Waals surface area contributed by atoms with Crippen molar-refractivity contribution in [2.45, 2.75) is 6.17 Å². The molecule has 0 aromatic heterocycles. The van der Waals surface area contributed by atoms with Crippen LogP contribution < -0.4 is 10.2 Å². The number of nitriles is 1. The van der Waals surface area contributed by atoms with Gasteiger partial charge in [-0.3, -0.25) is 4.79 Å². The molecule has 4 nitrogen and oxygen atoms in total. The molecule has 1 aliphatic rings. The predicted molar refractivity (Wildman–Crippen MR) is 92.8 cm³/mol. The zero-order valence-electron chi connectivity index (χ0n) is 12.2. The van der Waals surface area contributed by atoms with Crippen molar-refractivity contribution in [3.63, 3.8) is 0 Å². The molecule has 1 atom stereocenters. The molecule has 0 bridgehead atoms. The highest BCUT2D eigenvalue weighted by Gasteiger charge is 2.33. The summed E-state index contributed by atoms with van der Waals surface area (Å²) in [6.45, 7) is 0. The summed E-state index contributed by atoms with van der Waals surface area (Å²) in [6.07, 6.45) is -0.593. The quantitative estimate of drug-likeness (QED) is 0.802. The highest BCUT2D eigenvalue weighted by Crippen LogP contribution is 2.35. The molecule has 2 aromatic rings. The number of nitrogens with zero attached hydrogens (tertiary/aromatic N) is 2. The number of anilines is 1. The number of nitrogens with one attached hydrogen (secondary N) is 1. The van der Waals surface area contributed by atoms with Crippen LogP contribution in [0.5, 0.6) is 0 Å². The van der Waals surface area contributed by atoms with Crippen molar-refractivity contribution >= 4 is 35.8 Å². The molecule has 1 amide bonds. The molecule has 0 saturated carbocycles. The second-order valence-electron chi connectivity index (χ2n) is 5.08. The molecular formula is C17H11ClFN3OS. The minimum Gasteiger partial charge on any atom is -0.327 e. The van der Waals surface area contributed by atoms with E-state index in [2.05, 4.69) is 17.9 Å². The molecule has 1 heterocycles. The lowest BCUT2D eigenvalue weighted by Gasteiger charge is -2.38. The predicted octanol–water partition coefficient (Wildman–Crippen LogP) is 3.78. The Balaban J connectivity index is 2.14. The number of halogens is 2. The van der Waals surface area contributed by atoms with Gasteiger partial charge in [0.15, 0.2) is 0 Å². The van der Waals surface area contributed by atoms with Gasteiger partial charge in [0.25, 0.3) is 5.91 Å². The van der Waals surface area contributed by atoms with Crippen LogP contribution in [-0.4, -0.2) is 5.91 Å². The average Bonchev–Trinajstić information content (AvgIpc) is 2.57. The number of hydrogen-bond donors (Lipinski definition) is 2. The highest BCUT2D eigenvalue weighted by atomic mass is 35.5. The van der Waals surface area contributed by atoms with Crippen LogP contribution in [0.1, 0.15) is 11.7 Å². The minimum absolute atomic E-state index is 0.104. The molecule has 0 saturated heterocycles. The van der Waals surface area contributed by atoms with Crippen molar-refractivity contribution < 1.29 is 9.18 Å². The van der Waals surface area contributed by atoms with Gasteiger partial charge >= 0.3 is 0 Å². The van der Waals surface area contributed by atoms with Crippen molar-refractivity contribution in [2.24, 2.45) is 0 Å². The Morgan fingerprint density at radius 2 is 1.79 bits per heavy atom. The first-order valence-corrected chi connectivity index (χ1v) is 7.78. The smallest absolute Gasteiger partial charge is 0.266 e. The first kappa shape index (κ1) is 16.4. The third kappa shape index (κ3) is 2.96. The van der Waals surface area contributed by atoms with Crippen molar-refractivity contribution in [1.29, 1.82) is 5.26 Å². The largest absolute Gasteiger partial charge is 0.327 e. The topological polar surface area (TPSA) is 56.1 Å². The monoisotopic (exact) mass is 359 g/mol. The summed E-state index contributed by atoms with van der Waals surface area (Å²) in [7, 11) is 0. The van der Waals surface area contributed by atoms with Crippen LogP contribution in [0.15, 0.2) is 59.1 Å². The number of benzene rings is 2. The van der Waals surface area contributed by atoms with Gasteiger partial charge in [-0.05, 0) is 42.0 Å². The number of hydrogen-bond acceptors (Lipinski definition) is 4. The van der Waals surface area contributed by atoms with Crippen molar-refractivity contribution in [3.8, 4) is 6.07 Å². The maximum atomic E-state index is 13.2. The summed E-state index contributed by atoms with van der Waals surface area (Å²) in [4.78, 5) is 13.8. The van der Waals surface area contributed by atoms with Crippen LogP contribution in [0.4, 0.5) is 10.1 Å². The van der Waals surface area contributed by atoms with Crippen molar-refractivity contribution in [2.75, 3.05) is 4.90 Å². The van der Waals surface area contributed by atoms with Crippen LogP contribution in [0.2, 0.25) is 5.02 Å². The van der Waals surface area contributed by atoms with Crippen molar-refractivity contribution in [3.05, 3.63) is 75.5 Å². The van der Waals surface area contributed by atoms with E-state index in [1.165, 1.54) is 12.1 Å². The Morgan fingerprint density at radius 3 is 2.38 bits per heavy atom. The summed E-state index contributed by atoms with van der Waals surface area (Å²) in [6, 6.07) is 14.5. The molecular weight excluding hydrogens is 349 g/mol. The zero-order chi connectivity index (χ0) is 17.3. The Bertz CT molecular complexity index is 859. The maximum Gasteiger partial charge on any atom is 0.266 e. The summed E-state index contributed by atoms with van der Waals surface area (Å²) in [5.41, 5.74) is 1.24. The third-order valence-electron chi connectivity index (χ3n) is 3.61. The summed E-state index contributed by atoms with van der Waals surface area (Å²) in [5, 5.41) is 12.7. The second-order valence-corrected chi connectivity index (χ2v) is 5.94. The molecule has 120 valence electrons. The van der Waals surface area contributed by atoms with Gasteiger partial charge in [-0.2, -0.15) is 5.26 Å². The number of thiol groups is 1. The van der Waals surface area contributed by atoms with Gasteiger partial charge in [0.2, 0.25) is 0 Å². The molecule has 0 spiro atoms. The maximum absolute atomic E-state index is 13.2. The molecule has 3 rings (SSSR count). The van der Waals surface area contributed by atoms with Gasteiger partial charge in [0.05, 0.1) is 5.03 Å². The van der Waals surface area contributed by atoms with E-state index >= 15 is 0 Å². The van der Waals surface area contributed by atoms with Gasteiger partial charge in [-0.1, -0.05) is 23.7 Å². The highest BCUT2D eigenvalue weighted by molar-refractivity contribution is 7.84. The zero-order valence-corrected chi connectivity index (χ0v) is 13.9. The lowest BCUT2D eigenvalue weighted by molar-refractivity contribution is -0.118. The number of carbonyl (C=O) groups is 1. The van der Waals surface area contributed by atoms with Crippen LogP contribution in [-0.2, 0) is 4.79 Å². The van der Waals surface area contributed by atoms with E-state index in [-0.39, 0.29) is 16.4 Å². The molecule has 1 unspecified atom stereocenters. The minimum atomic E-state index is -0.593. The molecule has 1 aliphatic heterocycles. The number of rotatable bonds is 2. The normalized spacial score (nSPS) is 17.5. The third-order valence-corrected chi connectivity index (χ3v) is 4.30. The molecule has 0 aliphatic carbocycles. The average molecular weight is 360 g/mol. The Kier molecular flexibility index (Phi) is 4.47. The van der Waals surface area contributed by atoms with Crippen LogP contribution in [0.3, 0.4) is 0 Å². The summed E-state index contributed by atoms with van der Waals surface area (Å²) >= 11 is 10.3. The summed E-state index contributed by atoms with van der Waals surface area (Å²) in [5.74, 6) is -0.895. The lowest BCUT2D eigenvalue weighted by atomic mass is 10.1. The fraction of sp³-hybridized carbons (Fsp3) is 0.0588. The van der Waals surface area contributed by atoms with Gasteiger partial charge in [0.1, 0.15) is 23.6 Å². The number of amides is 1. The van der Waals surface area contributed by atoms with Crippen LogP contribution >= 0.6 is 24.2 Å². The first-order valence-electron chi connectivity index (χ1n) is 6.95. The van der Waals surface area contributed by atoms with Crippen LogP contribution in [0, 0.1) is 17.1 Å². The van der Waals surface area contributed by atoms with E-state index < -0.39 is 12.1 Å². The van der Waals surface area contributed by atoms with E-state index in [4.69, 9.17) is 11.6 Å².